The predicted molar refractivity (Wildman–Crippen MR) is 87.8 cm³/mol. The first-order valence-electron chi connectivity index (χ1n) is 7.07. The number of pyridine rings is 2. The van der Waals surface area contributed by atoms with Crippen LogP contribution in [-0.4, -0.2) is 21.0 Å². The van der Waals surface area contributed by atoms with Crippen LogP contribution < -0.4 is 10.6 Å². The van der Waals surface area contributed by atoms with Crippen LogP contribution in [0.4, 0.5) is 21.7 Å². The third-order valence-electron chi connectivity index (χ3n) is 3.20. The molecule has 3 aromatic rings. The highest BCUT2D eigenvalue weighted by Crippen LogP contribution is 2.23. The molecule has 0 aliphatic carbocycles. The van der Waals surface area contributed by atoms with Crippen molar-refractivity contribution in [3.8, 4) is 5.75 Å². The third kappa shape index (κ3) is 3.30. The second-order valence-electron chi connectivity index (χ2n) is 4.83. The van der Waals surface area contributed by atoms with Crippen LogP contribution in [0.15, 0.2) is 60.9 Å². The third-order valence-corrected chi connectivity index (χ3v) is 3.20. The minimum atomic E-state index is -0.532. The van der Waals surface area contributed by atoms with E-state index in [1.54, 1.807) is 24.3 Å². The number of carbonyl (C=O) groups is 1. The Balaban J connectivity index is 1.88. The fourth-order valence-corrected chi connectivity index (χ4v) is 2.05. The molecule has 6 nitrogen and oxygen atoms in total. The summed E-state index contributed by atoms with van der Waals surface area (Å²) in [5.74, 6) is -0.926. The van der Waals surface area contributed by atoms with Crippen LogP contribution in [0, 0.1) is 5.82 Å². The fourth-order valence-electron chi connectivity index (χ4n) is 2.05. The van der Waals surface area contributed by atoms with Gasteiger partial charge in [-0.15, -0.1) is 0 Å². The number of carbonyl (C=O) groups excluding carboxylic acids is 1. The zero-order valence-electron chi connectivity index (χ0n) is 12.4. The van der Waals surface area contributed by atoms with Crippen LogP contribution in [0.25, 0.3) is 0 Å². The van der Waals surface area contributed by atoms with Gasteiger partial charge in [-0.05, 0) is 36.4 Å². The lowest BCUT2D eigenvalue weighted by Gasteiger charge is -2.11. The van der Waals surface area contributed by atoms with Crippen LogP contribution in [0.2, 0.25) is 0 Å². The van der Waals surface area contributed by atoms with E-state index in [9.17, 15) is 14.3 Å². The van der Waals surface area contributed by atoms with Crippen molar-refractivity contribution in [2.24, 2.45) is 0 Å². The van der Waals surface area contributed by atoms with Gasteiger partial charge in [-0.25, -0.2) is 14.4 Å². The van der Waals surface area contributed by atoms with E-state index in [0.29, 0.717) is 0 Å². The molecule has 120 valence electrons. The van der Waals surface area contributed by atoms with E-state index in [1.165, 1.54) is 36.7 Å². The highest BCUT2D eigenvalue weighted by molar-refractivity contribution is 6.07. The highest BCUT2D eigenvalue weighted by Gasteiger charge is 2.15. The summed E-state index contributed by atoms with van der Waals surface area (Å²) in [6.07, 6.45) is 2.93. The molecule has 0 atom stereocenters. The molecule has 2 aromatic heterocycles. The van der Waals surface area contributed by atoms with Crippen molar-refractivity contribution in [1.29, 1.82) is 0 Å². The van der Waals surface area contributed by atoms with E-state index >= 15 is 0 Å². The zero-order chi connectivity index (χ0) is 16.9. The molecule has 1 amide bonds. The second kappa shape index (κ2) is 6.74. The molecule has 0 saturated carbocycles. The van der Waals surface area contributed by atoms with E-state index in [2.05, 4.69) is 20.6 Å². The van der Waals surface area contributed by atoms with Gasteiger partial charge in [0.2, 0.25) is 0 Å². The number of nitrogens with one attached hydrogen (secondary N) is 2. The van der Waals surface area contributed by atoms with Crippen molar-refractivity contribution in [1.82, 2.24) is 9.97 Å². The highest BCUT2D eigenvalue weighted by atomic mass is 19.1. The summed E-state index contributed by atoms with van der Waals surface area (Å²) in [5, 5.41) is 15.0. The number of aromatic hydroxyl groups is 1. The van der Waals surface area contributed by atoms with Crippen molar-refractivity contribution >= 4 is 23.2 Å². The first-order valence-corrected chi connectivity index (χ1v) is 7.07. The Morgan fingerprint density at radius 2 is 1.67 bits per heavy atom. The molecule has 24 heavy (non-hydrogen) atoms. The minimum absolute atomic E-state index is 0.0307. The lowest BCUT2D eigenvalue weighted by atomic mass is 10.2. The monoisotopic (exact) mass is 324 g/mol. The lowest BCUT2D eigenvalue weighted by molar-refractivity contribution is 0.102. The minimum Gasteiger partial charge on any atom is -0.504 e. The maximum Gasteiger partial charge on any atom is 0.260 e. The molecule has 0 saturated heterocycles. The number of para-hydroxylation sites is 1. The van der Waals surface area contributed by atoms with Gasteiger partial charge < -0.3 is 15.7 Å². The van der Waals surface area contributed by atoms with Gasteiger partial charge >= 0.3 is 0 Å². The molecule has 0 aliphatic rings. The van der Waals surface area contributed by atoms with Gasteiger partial charge in [0.25, 0.3) is 5.91 Å². The number of rotatable bonds is 4. The summed E-state index contributed by atoms with van der Waals surface area (Å²) in [6.45, 7) is 0. The summed E-state index contributed by atoms with van der Waals surface area (Å²) in [5.41, 5.74) is 0.386. The number of benzene rings is 1. The van der Waals surface area contributed by atoms with Crippen LogP contribution in [0.5, 0.6) is 5.75 Å². The summed E-state index contributed by atoms with van der Waals surface area (Å²) in [6, 6.07) is 12.1. The average molecular weight is 324 g/mol. The average Bonchev–Trinajstić information content (AvgIpc) is 2.59. The van der Waals surface area contributed by atoms with Gasteiger partial charge in [0.05, 0.1) is 11.3 Å². The van der Waals surface area contributed by atoms with Gasteiger partial charge in [0.15, 0.2) is 11.6 Å². The molecule has 7 heteroatoms. The van der Waals surface area contributed by atoms with Gasteiger partial charge in [-0.2, -0.15) is 0 Å². The zero-order valence-corrected chi connectivity index (χ0v) is 12.4. The Labute approximate surface area is 137 Å². The standard InChI is InChI=1S/C17H13FN4O2/c18-12-6-1-2-7-13(12)21-15-11(5-3-9-19-15)17(24)22-16-14(23)8-4-10-20-16/h1-10,23H,(H,19,21)(H,20,22,24). The van der Waals surface area contributed by atoms with Crippen molar-refractivity contribution in [2.45, 2.75) is 0 Å². The molecular weight excluding hydrogens is 311 g/mol. The second-order valence-corrected chi connectivity index (χ2v) is 4.83. The predicted octanol–water partition coefficient (Wildman–Crippen LogP) is 3.32. The number of hydrogen-bond acceptors (Lipinski definition) is 5. The number of amides is 1. The Hall–Kier alpha value is -3.48. The lowest BCUT2D eigenvalue weighted by Crippen LogP contribution is -2.15. The molecule has 3 rings (SSSR count). The molecule has 0 bridgehead atoms. The molecule has 2 heterocycles. The van der Waals surface area contributed by atoms with Crippen LogP contribution in [-0.2, 0) is 0 Å². The molecule has 0 unspecified atom stereocenters. The Kier molecular flexibility index (Phi) is 4.33. The number of nitrogens with zero attached hydrogens (tertiary/aromatic N) is 2. The molecule has 0 spiro atoms. The fraction of sp³-hybridized carbons (Fsp3) is 0. The summed E-state index contributed by atoms with van der Waals surface area (Å²) < 4.78 is 13.8. The number of aromatic nitrogens is 2. The molecular formula is C17H13FN4O2. The van der Waals surface area contributed by atoms with Crippen LogP contribution >= 0.6 is 0 Å². The summed E-state index contributed by atoms with van der Waals surface area (Å²) >= 11 is 0. The van der Waals surface area contributed by atoms with Crippen molar-refractivity contribution < 1.29 is 14.3 Å². The summed E-state index contributed by atoms with van der Waals surface area (Å²) in [4.78, 5) is 20.4. The first-order chi connectivity index (χ1) is 11.6. The maximum atomic E-state index is 13.8. The van der Waals surface area contributed by atoms with Crippen molar-refractivity contribution in [2.75, 3.05) is 10.6 Å². The van der Waals surface area contributed by atoms with E-state index in [-0.39, 0.29) is 28.6 Å². The van der Waals surface area contributed by atoms with Gasteiger partial charge in [0, 0.05) is 12.4 Å². The molecule has 3 N–H and O–H groups in total. The van der Waals surface area contributed by atoms with E-state index in [4.69, 9.17) is 0 Å². The largest absolute Gasteiger partial charge is 0.504 e. The van der Waals surface area contributed by atoms with E-state index in [0.717, 1.165) is 0 Å². The van der Waals surface area contributed by atoms with Crippen LogP contribution in [0.3, 0.4) is 0 Å². The Morgan fingerprint density at radius 1 is 0.958 bits per heavy atom. The molecule has 0 fully saturated rings. The summed E-state index contributed by atoms with van der Waals surface area (Å²) in [7, 11) is 0. The Bertz CT molecular complexity index is 886. The normalized spacial score (nSPS) is 10.2. The molecule has 0 radical (unpaired) electrons. The number of hydrogen-bond donors (Lipinski definition) is 3. The molecule has 0 aliphatic heterocycles. The van der Waals surface area contributed by atoms with Crippen LogP contribution in [0.1, 0.15) is 10.4 Å². The topological polar surface area (TPSA) is 87.1 Å². The Morgan fingerprint density at radius 3 is 2.42 bits per heavy atom. The maximum absolute atomic E-state index is 13.8. The van der Waals surface area contributed by atoms with Gasteiger partial charge in [-0.3, -0.25) is 4.79 Å². The SMILES string of the molecule is O=C(Nc1ncccc1O)c1cccnc1Nc1ccccc1F. The quantitative estimate of drug-likeness (QED) is 0.685. The molecule has 1 aromatic carbocycles. The van der Waals surface area contributed by atoms with Crippen molar-refractivity contribution in [3.63, 3.8) is 0 Å². The van der Waals surface area contributed by atoms with Gasteiger partial charge in [-0.1, -0.05) is 12.1 Å². The number of anilines is 3. The van der Waals surface area contributed by atoms with E-state index < -0.39 is 11.7 Å². The van der Waals surface area contributed by atoms with Gasteiger partial charge in [0.1, 0.15) is 11.6 Å². The van der Waals surface area contributed by atoms with E-state index in [1.807, 2.05) is 0 Å². The number of halogens is 1. The first kappa shape index (κ1) is 15.4. The van der Waals surface area contributed by atoms with Crippen molar-refractivity contribution in [3.05, 3.63) is 72.3 Å². The smallest absolute Gasteiger partial charge is 0.260 e.